The van der Waals surface area contributed by atoms with Crippen LogP contribution in [0.5, 0.6) is 11.5 Å². The van der Waals surface area contributed by atoms with E-state index in [9.17, 15) is 9.59 Å². The van der Waals surface area contributed by atoms with Gasteiger partial charge in [0.1, 0.15) is 11.5 Å². The number of nitrogens with one attached hydrogen (secondary N) is 2. The van der Waals surface area contributed by atoms with Crippen LogP contribution >= 0.6 is 0 Å². The van der Waals surface area contributed by atoms with Gasteiger partial charge in [0.15, 0.2) is 12.4 Å². The molecule has 0 saturated carbocycles. The van der Waals surface area contributed by atoms with Gasteiger partial charge in [-0.2, -0.15) is 5.10 Å². The van der Waals surface area contributed by atoms with Crippen molar-refractivity contribution in [3.8, 4) is 22.6 Å². The molecule has 2 aromatic carbocycles. The SMILES string of the molecule is COc1ccc(-c2ccc3c(NC(=O)COC(C)=O)n[nH]c3c2)c(OC)c1. The standard InChI is InChI=1S/C19H19N3O5/c1-11(23)27-10-18(24)20-19-15-6-4-12(8-16(15)21-22-19)14-7-5-13(25-2)9-17(14)26-3/h4-9H,10H2,1-3H3,(H2,20,21,22,24). The fraction of sp³-hybridized carbons (Fsp3) is 0.211. The molecule has 8 nitrogen and oxygen atoms in total. The Kier molecular flexibility index (Phi) is 5.25. The third-order valence-electron chi connectivity index (χ3n) is 3.95. The van der Waals surface area contributed by atoms with Gasteiger partial charge in [-0.3, -0.25) is 14.7 Å². The second-order valence-corrected chi connectivity index (χ2v) is 5.73. The number of anilines is 1. The summed E-state index contributed by atoms with van der Waals surface area (Å²) in [7, 11) is 3.20. The molecule has 0 atom stereocenters. The highest BCUT2D eigenvalue weighted by Gasteiger charge is 2.13. The summed E-state index contributed by atoms with van der Waals surface area (Å²) in [6, 6.07) is 11.2. The lowest BCUT2D eigenvalue weighted by Gasteiger charge is -2.10. The van der Waals surface area contributed by atoms with Crippen LogP contribution in [0, 0.1) is 0 Å². The molecule has 0 radical (unpaired) electrons. The summed E-state index contributed by atoms with van der Waals surface area (Å²) < 4.78 is 15.4. The summed E-state index contributed by atoms with van der Waals surface area (Å²) in [6.45, 7) is 0.886. The highest BCUT2D eigenvalue weighted by atomic mass is 16.5. The Labute approximate surface area is 155 Å². The van der Waals surface area contributed by atoms with E-state index in [4.69, 9.17) is 9.47 Å². The van der Waals surface area contributed by atoms with Gasteiger partial charge in [0.05, 0.1) is 19.7 Å². The molecular formula is C19H19N3O5. The maximum atomic E-state index is 11.8. The number of carbonyl (C=O) groups is 2. The fourth-order valence-corrected chi connectivity index (χ4v) is 2.65. The Bertz CT molecular complexity index is 996. The van der Waals surface area contributed by atoms with E-state index in [1.807, 2.05) is 36.4 Å². The van der Waals surface area contributed by atoms with Crippen molar-refractivity contribution in [3.05, 3.63) is 36.4 Å². The second-order valence-electron chi connectivity index (χ2n) is 5.73. The van der Waals surface area contributed by atoms with Gasteiger partial charge in [-0.1, -0.05) is 6.07 Å². The van der Waals surface area contributed by atoms with Gasteiger partial charge >= 0.3 is 5.97 Å². The number of hydrogen-bond donors (Lipinski definition) is 2. The number of methoxy groups -OCH3 is 2. The van der Waals surface area contributed by atoms with Crippen molar-refractivity contribution in [2.24, 2.45) is 0 Å². The number of H-pyrrole nitrogens is 1. The van der Waals surface area contributed by atoms with Gasteiger partial charge in [-0.05, 0) is 29.8 Å². The first-order chi connectivity index (χ1) is 13.0. The zero-order valence-corrected chi connectivity index (χ0v) is 15.2. The van der Waals surface area contributed by atoms with Crippen LogP contribution < -0.4 is 14.8 Å². The number of esters is 1. The van der Waals surface area contributed by atoms with Crippen LogP contribution in [-0.4, -0.2) is 42.9 Å². The molecule has 8 heteroatoms. The molecule has 0 fully saturated rings. The number of rotatable bonds is 6. The summed E-state index contributed by atoms with van der Waals surface area (Å²) in [5, 5.41) is 10.4. The Balaban J connectivity index is 1.87. The van der Waals surface area contributed by atoms with E-state index in [1.54, 1.807) is 14.2 Å². The second kappa shape index (κ2) is 7.77. The van der Waals surface area contributed by atoms with E-state index in [1.165, 1.54) is 6.92 Å². The zero-order chi connectivity index (χ0) is 19.4. The lowest BCUT2D eigenvalue weighted by Crippen LogP contribution is -2.20. The first kappa shape index (κ1) is 18.2. The summed E-state index contributed by atoms with van der Waals surface area (Å²) in [5.41, 5.74) is 2.56. The summed E-state index contributed by atoms with van der Waals surface area (Å²) >= 11 is 0. The molecule has 0 aliphatic carbocycles. The third-order valence-corrected chi connectivity index (χ3v) is 3.95. The highest BCUT2D eigenvalue weighted by molar-refractivity contribution is 6.01. The molecule has 0 saturated heterocycles. The third kappa shape index (κ3) is 4.00. The zero-order valence-electron chi connectivity index (χ0n) is 15.2. The largest absolute Gasteiger partial charge is 0.497 e. The molecule has 0 spiro atoms. The van der Waals surface area contributed by atoms with Crippen molar-refractivity contribution in [2.75, 3.05) is 26.1 Å². The minimum absolute atomic E-state index is 0.356. The molecule has 0 bridgehead atoms. The van der Waals surface area contributed by atoms with E-state index in [-0.39, 0.29) is 6.61 Å². The number of hydrogen-bond acceptors (Lipinski definition) is 6. The Morgan fingerprint density at radius 3 is 2.63 bits per heavy atom. The highest BCUT2D eigenvalue weighted by Crippen LogP contribution is 2.35. The molecule has 0 aliphatic rings. The average molecular weight is 369 g/mol. The fourth-order valence-electron chi connectivity index (χ4n) is 2.65. The summed E-state index contributed by atoms with van der Waals surface area (Å²) in [5.74, 6) is 0.782. The van der Waals surface area contributed by atoms with Gasteiger partial charge < -0.3 is 19.5 Å². The minimum atomic E-state index is -0.518. The number of ether oxygens (including phenoxy) is 3. The predicted octanol–water partition coefficient (Wildman–Crippen LogP) is 2.75. The average Bonchev–Trinajstić information content (AvgIpc) is 3.07. The molecule has 1 aromatic heterocycles. The minimum Gasteiger partial charge on any atom is -0.497 e. The normalized spacial score (nSPS) is 10.5. The van der Waals surface area contributed by atoms with Crippen LogP contribution in [0.25, 0.3) is 22.0 Å². The van der Waals surface area contributed by atoms with Gasteiger partial charge in [-0.25, -0.2) is 0 Å². The lowest BCUT2D eigenvalue weighted by atomic mass is 10.0. The van der Waals surface area contributed by atoms with Crippen molar-refractivity contribution >= 4 is 28.6 Å². The number of aromatic amines is 1. The van der Waals surface area contributed by atoms with Crippen LogP contribution in [0.4, 0.5) is 5.82 Å². The quantitative estimate of drug-likeness (QED) is 0.648. The van der Waals surface area contributed by atoms with Gasteiger partial charge in [0.25, 0.3) is 5.91 Å². The molecule has 1 heterocycles. The number of amides is 1. The monoisotopic (exact) mass is 369 g/mol. The van der Waals surface area contributed by atoms with E-state index in [0.29, 0.717) is 17.3 Å². The van der Waals surface area contributed by atoms with Crippen LogP contribution in [0.3, 0.4) is 0 Å². The maximum absolute atomic E-state index is 11.8. The van der Waals surface area contributed by atoms with E-state index in [0.717, 1.165) is 22.0 Å². The predicted molar refractivity (Wildman–Crippen MR) is 99.9 cm³/mol. The molecule has 1 amide bonds. The molecule has 0 aliphatic heterocycles. The van der Waals surface area contributed by atoms with Crippen LogP contribution in [0.1, 0.15) is 6.92 Å². The number of nitrogens with zero attached hydrogens (tertiary/aromatic N) is 1. The van der Waals surface area contributed by atoms with Gasteiger partial charge in [0.2, 0.25) is 0 Å². The number of carbonyl (C=O) groups excluding carboxylic acids is 2. The molecule has 0 unspecified atom stereocenters. The maximum Gasteiger partial charge on any atom is 0.303 e. The van der Waals surface area contributed by atoms with Crippen LogP contribution in [0.2, 0.25) is 0 Å². The van der Waals surface area contributed by atoms with Crippen molar-refractivity contribution in [3.63, 3.8) is 0 Å². The Hall–Kier alpha value is -3.55. The Morgan fingerprint density at radius 2 is 1.93 bits per heavy atom. The van der Waals surface area contributed by atoms with Crippen molar-refractivity contribution in [2.45, 2.75) is 6.92 Å². The summed E-state index contributed by atoms with van der Waals surface area (Å²) in [6.07, 6.45) is 0. The smallest absolute Gasteiger partial charge is 0.303 e. The molecule has 2 N–H and O–H groups in total. The molecule has 3 rings (SSSR count). The number of aromatic nitrogens is 2. The number of benzene rings is 2. The van der Waals surface area contributed by atoms with Crippen molar-refractivity contribution < 1.29 is 23.8 Å². The lowest BCUT2D eigenvalue weighted by molar-refractivity contribution is -0.144. The summed E-state index contributed by atoms with van der Waals surface area (Å²) in [4.78, 5) is 22.6. The van der Waals surface area contributed by atoms with E-state index in [2.05, 4.69) is 20.3 Å². The number of fused-ring (bicyclic) bond motifs is 1. The van der Waals surface area contributed by atoms with Gasteiger partial charge in [-0.15, -0.1) is 0 Å². The first-order valence-electron chi connectivity index (χ1n) is 8.15. The molecule has 27 heavy (non-hydrogen) atoms. The van der Waals surface area contributed by atoms with Gasteiger partial charge in [0, 0.05) is 23.9 Å². The Morgan fingerprint density at radius 1 is 1.11 bits per heavy atom. The van der Waals surface area contributed by atoms with E-state index >= 15 is 0 Å². The van der Waals surface area contributed by atoms with Crippen molar-refractivity contribution in [1.29, 1.82) is 0 Å². The first-order valence-corrected chi connectivity index (χ1v) is 8.15. The van der Waals surface area contributed by atoms with E-state index < -0.39 is 11.9 Å². The van der Waals surface area contributed by atoms with Crippen molar-refractivity contribution in [1.82, 2.24) is 10.2 Å². The van der Waals surface area contributed by atoms with Crippen LogP contribution in [-0.2, 0) is 14.3 Å². The topological polar surface area (TPSA) is 103 Å². The van der Waals surface area contributed by atoms with Crippen LogP contribution in [0.15, 0.2) is 36.4 Å². The molecule has 140 valence electrons. The molecule has 3 aromatic rings. The molecular weight excluding hydrogens is 350 g/mol.